The van der Waals surface area contributed by atoms with Gasteiger partial charge >= 0.3 is 5.97 Å². The lowest BCUT2D eigenvalue weighted by atomic mass is 9.94. The van der Waals surface area contributed by atoms with Crippen molar-refractivity contribution in [3.05, 3.63) is 0 Å². The summed E-state index contributed by atoms with van der Waals surface area (Å²) in [5.74, 6) is -0.249. The van der Waals surface area contributed by atoms with Crippen molar-refractivity contribution in [1.82, 2.24) is 5.32 Å². The van der Waals surface area contributed by atoms with Gasteiger partial charge in [0.25, 0.3) is 0 Å². The Bertz CT molecular complexity index is 298. The van der Waals surface area contributed by atoms with Gasteiger partial charge in [-0.1, -0.05) is 6.92 Å². The molecule has 0 aromatic carbocycles. The third-order valence-corrected chi connectivity index (χ3v) is 3.81. The Hall–Kier alpha value is -0.650. The van der Waals surface area contributed by atoms with E-state index in [1.807, 2.05) is 20.8 Å². The van der Waals surface area contributed by atoms with Crippen molar-refractivity contribution in [1.29, 1.82) is 0 Å². The van der Waals surface area contributed by atoms with Gasteiger partial charge in [-0.15, -0.1) is 0 Å². The van der Waals surface area contributed by atoms with E-state index in [0.717, 1.165) is 25.7 Å². The highest BCUT2D eigenvalue weighted by Crippen LogP contribution is 2.24. The smallest absolute Gasteiger partial charge is 0.328 e. The first-order chi connectivity index (χ1) is 9.55. The molecule has 1 rings (SSSR count). The number of carbonyl (C=O) groups excluding carboxylic acids is 1. The number of rotatable bonds is 8. The second kappa shape index (κ2) is 8.60. The van der Waals surface area contributed by atoms with E-state index in [1.54, 1.807) is 7.11 Å². The van der Waals surface area contributed by atoms with Gasteiger partial charge in [0.2, 0.25) is 0 Å². The summed E-state index contributed by atoms with van der Waals surface area (Å²) in [6, 6.07) is 0. The van der Waals surface area contributed by atoms with Crippen LogP contribution in [-0.2, 0) is 19.0 Å². The van der Waals surface area contributed by atoms with Crippen LogP contribution in [0.3, 0.4) is 0 Å². The Morgan fingerprint density at radius 1 is 1.30 bits per heavy atom. The molecule has 1 aliphatic rings. The number of hydrogen-bond donors (Lipinski definition) is 1. The van der Waals surface area contributed by atoms with Crippen LogP contribution in [0, 0.1) is 0 Å². The van der Waals surface area contributed by atoms with E-state index in [4.69, 9.17) is 14.2 Å². The van der Waals surface area contributed by atoms with E-state index in [0.29, 0.717) is 19.8 Å². The van der Waals surface area contributed by atoms with Gasteiger partial charge in [-0.25, -0.2) is 4.79 Å². The lowest BCUT2D eigenvalue weighted by Gasteiger charge is -2.33. The molecular formula is C15H29NO4. The third-order valence-electron chi connectivity index (χ3n) is 3.81. The first kappa shape index (κ1) is 17.4. The van der Waals surface area contributed by atoms with E-state index < -0.39 is 5.54 Å². The largest absolute Gasteiger partial charge is 0.465 e. The molecule has 5 heteroatoms. The zero-order valence-electron chi connectivity index (χ0n) is 13.2. The SMILES string of the molecule is CCNC(C)(COC1CCCC(OC)C1)C(=O)OCC. The summed E-state index contributed by atoms with van der Waals surface area (Å²) < 4.78 is 16.5. The topological polar surface area (TPSA) is 56.8 Å². The Morgan fingerprint density at radius 3 is 2.60 bits per heavy atom. The number of methoxy groups -OCH3 is 1. The second-order valence-corrected chi connectivity index (χ2v) is 5.54. The van der Waals surface area contributed by atoms with Gasteiger partial charge in [0.15, 0.2) is 0 Å². The molecule has 0 saturated heterocycles. The molecule has 3 atom stereocenters. The minimum absolute atomic E-state index is 0.168. The molecule has 20 heavy (non-hydrogen) atoms. The molecule has 0 bridgehead atoms. The fourth-order valence-corrected chi connectivity index (χ4v) is 2.61. The minimum Gasteiger partial charge on any atom is -0.465 e. The summed E-state index contributed by atoms with van der Waals surface area (Å²) in [6.45, 7) is 7.04. The van der Waals surface area contributed by atoms with Gasteiger partial charge in [0.1, 0.15) is 5.54 Å². The van der Waals surface area contributed by atoms with Crippen LogP contribution in [0.2, 0.25) is 0 Å². The number of hydrogen-bond acceptors (Lipinski definition) is 5. The lowest BCUT2D eigenvalue weighted by Crippen LogP contribution is -2.54. The highest BCUT2D eigenvalue weighted by atomic mass is 16.5. The van der Waals surface area contributed by atoms with Gasteiger partial charge in [-0.2, -0.15) is 0 Å². The molecule has 0 radical (unpaired) electrons. The maximum atomic E-state index is 12.1. The number of esters is 1. The molecule has 0 aromatic rings. The fourth-order valence-electron chi connectivity index (χ4n) is 2.61. The van der Waals surface area contributed by atoms with E-state index >= 15 is 0 Å². The second-order valence-electron chi connectivity index (χ2n) is 5.54. The summed E-state index contributed by atoms with van der Waals surface area (Å²) in [7, 11) is 1.74. The lowest BCUT2D eigenvalue weighted by molar-refractivity contribution is -0.155. The summed E-state index contributed by atoms with van der Waals surface area (Å²) in [5.41, 5.74) is -0.773. The predicted octanol–water partition coefficient (Wildman–Crippen LogP) is 1.89. The Balaban J connectivity index is 2.51. The van der Waals surface area contributed by atoms with Crippen molar-refractivity contribution < 1.29 is 19.0 Å². The average molecular weight is 287 g/mol. The third kappa shape index (κ3) is 5.04. The first-order valence-corrected chi connectivity index (χ1v) is 7.62. The molecular weight excluding hydrogens is 258 g/mol. The summed E-state index contributed by atoms with van der Waals surface area (Å²) in [5, 5.41) is 3.18. The van der Waals surface area contributed by atoms with Gasteiger partial charge in [-0.05, 0) is 46.1 Å². The van der Waals surface area contributed by atoms with Crippen LogP contribution in [0.4, 0.5) is 0 Å². The monoisotopic (exact) mass is 287 g/mol. The molecule has 1 N–H and O–H groups in total. The Morgan fingerprint density at radius 2 is 2.00 bits per heavy atom. The maximum absolute atomic E-state index is 12.1. The quantitative estimate of drug-likeness (QED) is 0.691. The van der Waals surface area contributed by atoms with Gasteiger partial charge in [0, 0.05) is 7.11 Å². The average Bonchev–Trinajstić information content (AvgIpc) is 2.46. The van der Waals surface area contributed by atoms with E-state index in [2.05, 4.69) is 5.32 Å². The Labute approximate surface area is 122 Å². The molecule has 118 valence electrons. The number of carbonyl (C=O) groups is 1. The molecule has 0 aromatic heterocycles. The van der Waals surface area contributed by atoms with Crippen molar-refractivity contribution in [2.75, 3.05) is 26.9 Å². The highest BCUT2D eigenvalue weighted by Gasteiger charge is 2.35. The normalized spacial score (nSPS) is 26.0. The summed E-state index contributed by atoms with van der Waals surface area (Å²) >= 11 is 0. The predicted molar refractivity (Wildman–Crippen MR) is 77.7 cm³/mol. The van der Waals surface area contributed by atoms with Crippen LogP contribution in [0.1, 0.15) is 46.5 Å². The number of nitrogens with one attached hydrogen (secondary N) is 1. The van der Waals surface area contributed by atoms with Crippen LogP contribution in [0.25, 0.3) is 0 Å². The zero-order chi connectivity index (χ0) is 15.0. The van der Waals surface area contributed by atoms with Crippen molar-refractivity contribution in [2.45, 2.75) is 64.2 Å². The molecule has 1 saturated carbocycles. The van der Waals surface area contributed by atoms with Crippen LogP contribution < -0.4 is 5.32 Å². The van der Waals surface area contributed by atoms with Gasteiger partial charge in [0.05, 0.1) is 25.4 Å². The van der Waals surface area contributed by atoms with Crippen LogP contribution >= 0.6 is 0 Å². The van der Waals surface area contributed by atoms with E-state index in [-0.39, 0.29) is 18.2 Å². The van der Waals surface area contributed by atoms with Crippen molar-refractivity contribution in [2.24, 2.45) is 0 Å². The van der Waals surface area contributed by atoms with Crippen LogP contribution in [0.15, 0.2) is 0 Å². The van der Waals surface area contributed by atoms with Crippen molar-refractivity contribution in [3.8, 4) is 0 Å². The van der Waals surface area contributed by atoms with Crippen molar-refractivity contribution >= 4 is 5.97 Å². The van der Waals surface area contributed by atoms with Gasteiger partial charge in [-0.3, -0.25) is 0 Å². The van der Waals surface area contributed by atoms with E-state index in [1.165, 1.54) is 0 Å². The molecule has 3 unspecified atom stereocenters. The maximum Gasteiger partial charge on any atom is 0.328 e. The molecule has 0 amide bonds. The molecule has 5 nitrogen and oxygen atoms in total. The summed E-state index contributed by atoms with van der Waals surface area (Å²) in [6.07, 6.45) is 4.59. The molecule has 1 fully saturated rings. The van der Waals surface area contributed by atoms with Crippen LogP contribution in [0.5, 0.6) is 0 Å². The fraction of sp³-hybridized carbons (Fsp3) is 0.933. The molecule has 0 aliphatic heterocycles. The summed E-state index contributed by atoms with van der Waals surface area (Å²) in [4.78, 5) is 12.1. The first-order valence-electron chi connectivity index (χ1n) is 7.62. The number of ether oxygens (including phenoxy) is 3. The molecule has 1 aliphatic carbocycles. The molecule has 0 spiro atoms. The number of likely N-dealkylation sites (N-methyl/N-ethyl adjacent to an activating group) is 1. The minimum atomic E-state index is -0.773. The van der Waals surface area contributed by atoms with Crippen LogP contribution in [-0.4, -0.2) is 50.6 Å². The standard InChI is InChI=1S/C15H29NO4/c1-5-16-15(3,14(17)19-6-2)11-20-13-9-7-8-12(10-13)18-4/h12-13,16H,5-11H2,1-4H3. The Kier molecular flexibility index (Phi) is 7.48. The van der Waals surface area contributed by atoms with Crippen molar-refractivity contribution in [3.63, 3.8) is 0 Å². The zero-order valence-corrected chi connectivity index (χ0v) is 13.2. The molecule has 0 heterocycles. The van der Waals surface area contributed by atoms with E-state index in [9.17, 15) is 4.79 Å². The van der Waals surface area contributed by atoms with Gasteiger partial charge < -0.3 is 19.5 Å². The highest BCUT2D eigenvalue weighted by molar-refractivity contribution is 5.80.